The van der Waals surface area contributed by atoms with E-state index in [0.29, 0.717) is 6.42 Å². The second-order valence-corrected chi connectivity index (χ2v) is 6.02. The first-order chi connectivity index (χ1) is 8.47. The summed E-state index contributed by atoms with van der Waals surface area (Å²) in [6.07, 6.45) is 1.37. The zero-order valence-electron chi connectivity index (χ0n) is 11.3. The van der Waals surface area contributed by atoms with Gasteiger partial charge in [0.05, 0.1) is 0 Å². The van der Waals surface area contributed by atoms with Gasteiger partial charge in [-0.15, -0.1) is 12.4 Å². The molecule has 0 saturated heterocycles. The van der Waals surface area contributed by atoms with Gasteiger partial charge in [0.15, 0.2) is 0 Å². The highest BCUT2D eigenvalue weighted by molar-refractivity contribution is 9.10. The van der Waals surface area contributed by atoms with Gasteiger partial charge in [-0.1, -0.05) is 15.9 Å². The number of nitrogens with zero attached hydrogens (tertiary/aromatic N) is 1. The van der Waals surface area contributed by atoms with E-state index in [1.54, 1.807) is 0 Å². The summed E-state index contributed by atoms with van der Waals surface area (Å²) in [5, 5.41) is 0. The molecule has 19 heavy (non-hydrogen) atoms. The van der Waals surface area contributed by atoms with Gasteiger partial charge in [-0.2, -0.15) is 0 Å². The largest absolute Gasteiger partial charge is 0.338 e. The number of benzene rings is 1. The number of aryl methyl sites for hydroxylation is 1. The first-order valence-corrected chi connectivity index (χ1v) is 7.08. The third-order valence-electron chi connectivity index (χ3n) is 3.38. The summed E-state index contributed by atoms with van der Waals surface area (Å²) in [4.78, 5) is 14.0. The first-order valence-electron chi connectivity index (χ1n) is 6.28. The van der Waals surface area contributed by atoms with Crippen LogP contribution in [0.3, 0.4) is 0 Å². The summed E-state index contributed by atoms with van der Waals surface area (Å²) < 4.78 is 1.12. The molecule has 1 aliphatic rings. The van der Waals surface area contributed by atoms with Crippen LogP contribution < -0.4 is 5.73 Å². The highest BCUT2D eigenvalue weighted by Crippen LogP contribution is 2.26. The Morgan fingerprint density at radius 3 is 2.84 bits per heavy atom. The lowest BCUT2D eigenvalue weighted by Gasteiger charge is -2.30. The van der Waals surface area contributed by atoms with Crippen LogP contribution in [0, 0.1) is 6.92 Å². The zero-order chi connectivity index (χ0) is 13.3. The Kier molecular flexibility index (Phi) is 5.83. The number of hydrogen-bond acceptors (Lipinski definition) is 2. The second-order valence-electron chi connectivity index (χ2n) is 5.11. The Balaban J connectivity index is 0.00000180. The molecule has 1 aliphatic heterocycles. The maximum Gasteiger partial charge on any atom is 0.224 e. The van der Waals surface area contributed by atoms with Crippen LogP contribution in [0.2, 0.25) is 0 Å². The van der Waals surface area contributed by atoms with Crippen molar-refractivity contribution in [3.05, 3.63) is 33.3 Å². The van der Waals surface area contributed by atoms with Crippen LogP contribution >= 0.6 is 28.3 Å². The monoisotopic (exact) mass is 346 g/mol. The Hall–Kier alpha value is -0.580. The Labute approximate surface area is 129 Å². The van der Waals surface area contributed by atoms with Crippen molar-refractivity contribution in [3.8, 4) is 0 Å². The normalized spacial score (nSPS) is 15.5. The number of nitrogens with two attached hydrogens (primary N) is 1. The third-order valence-corrected chi connectivity index (χ3v) is 3.84. The van der Waals surface area contributed by atoms with E-state index in [1.807, 2.05) is 11.8 Å². The summed E-state index contributed by atoms with van der Waals surface area (Å²) in [7, 11) is 0. The van der Waals surface area contributed by atoms with Crippen LogP contribution in [0.25, 0.3) is 0 Å². The molecule has 0 saturated carbocycles. The van der Waals surface area contributed by atoms with E-state index in [2.05, 4.69) is 35.0 Å². The van der Waals surface area contributed by atoms with Crippen LogP contribution in [0.5, 0.6) is 0 Å². The van der Waals surface area contributed by atoms with Gasteiger partial charge in [-0.3, -0.25) is 4.79 Å². The molecule has 0 fully saturated rings. The summed E-state index contributed by atoms with van der Waals surface area (Å²) in [6.45, 7) is 5.50. The number of rotatable bonds is 2. The smallest absolute Gasteiger partial charge is 0.224 e. The maximum atomic E-state index is 12.0. The van der Waals surface area contributed by atoms with Gasteiger partial charge >= 0.3 is 0 Å². The molecule has 1 heterocycles. The van der Waals surface area contributed by atoms with E-state index < -0.39 is 0 Å². The summed E-state index contributed by atoms with van der Waals surface area (Å²) >= 11 is 3.52. The van der Waals surface area contributed by atoms with E-state index in [0.717, 1.165) is 24.0 Å². The minimum Gasteiger partial charge on any atom is -0.338 e. The van der Waals surface area contributed by atoms with Gasteiger partial charge < -0.3 is 10.6 Å². The molecule has 106 valence electrons. The minimum absolute atomic E-state index is 0. The minimum atomic E-state index is -0.0649. The fourth-order valence-electron chi connectivity index (χ4n) is 2.43. The predicted octanol–water partition coefficient (Wildman–Crippen LogP) is 2.80. The number of amides is 1. The standard InChI is InChI=1S/C14H19BrN2O.ClH/c1-9-5-12(15)7-11-3-4-17(8-13(9)11)14(18)6-10(2)16;/h5,7,10H,3-4,6,8,16H2,1-2H3;1H. The fraction of sp³-hybridized carbons (Fsp3) is 0.500. The molecular formula is C14H20BrClN2O. The van der Waals surface area contributed by atoms with Gasteiger partial charge in [-0.05, 0) is 49.1 Å². The molecular weight excluding hydrogens is 328 g/mol. The lowest BCUT2D eigenvalue weighted by molar-refractivity contribution is -0.132. The lowest BCUT2D eigenvalue weighted by Crippen LogP contribution is -2.38. The SMILES string of the molecule is Cc1cc(Br)cc2c1CN(C(=O)CC(C)N)CC2.Cl. The lowest BCUT2D eigenvalue weighted by atomic mass is 9.95. The van der Waals surface area contributed by atoms with Gasteiger partial charge in [-0.25, -0.2) is 0 Å². The molecule has 0 spiro atoms. The molecule has 0 aliphatic carbocycles. The number of carbonyl (C=O) groups excluding carboxylic acids is 1. The van der Waals surface area contributed by atoms with Gasteiger partial charge in [0.1, 0.15) is 0 Å². The molecule has 1 aromatic carbocycles. The first kappa shape index (κ1) is 16.5. The van der Waals surface area contributed by atoms with Crippen molar-refractivity contribution in [2.24, 2.45) is 5.73 Å². The van der Waals surface area contributed by atoms with Crippen molar-refractivity contribution in [1.82, 2.24) is 4.90 Å². The highest BCUT2D eigenvalue weighted by Gasteiger charge is 2.22. The van der Waals surface area contributed by atoms with Crippen molar-refractivity contribution in [2.45, 2.75) is 39.3 Å². The van der Waals surface area contributed by atoms with E-state index >= 15 is 0 Å². The number of halogens is 2. The maximum absolute atomic E-state index is 12.0. The summed E-state index contributed by atoms with van der Waals surface area (Å²) in [6, 6.07) is 4.21. The molecule has 2 N–H and O–H groups in total. The van der Waals surface area contributed by atoms with Crippen molar-refractivity contribution in [2.75, 3.05) is 6.54 Å². The summed E-state index contributed by atoms with van der Waals surface area (Å²) in [5.41, 5.74) is 9.59. The Morgan fingerprint density at radius 1 is 1.53 bits per heavy atom. The van der Waals surface area contributed by atoms with E-state index in [1.165, 1.54) is 16.7 Å². The average molecular weight is 348 g/mol. The molecule has 0 radical (unpaired) electrons. The number of carbonyl (C=O) groups is 1. The molecule has 2 rings (SSSR count). The zero-order valence-corrected chi connectivity index (χ0v) is 13.7. The van der Waals surface area contributed by atoms with Gasteiger partial charge in [0.2, 0.25) is 5.91 Å². The van der Waals surface area contributed by atoms with Gasteiger partial charge in [0, 0.05) is 30.0 Å². The topological polar surface area (TPSA) is 46.3 Å². The van der Waals surface area contributed by atoms with Crippen LogP contribution in [0.15, 0.2) is 16.6 Å². The third kappa shape index (κ3) is 3.94. The quantitative estimate of drug-likeness (QED) is 0.894. The molecule has 1 unspecified atom stereocenters. The molecule has 1 aromatic rings. The van der Waals surface area contributed by atoms with Gasteiger partial charge in [0.25, 0.3) is 0 Å². The van der Waals surface area contributed by atoms with E-state index in [-0.39, 0.29) is 24.4 Å². The summed E-state index contributed by atoms with van der Waals surface area (Å²) in [5.74, 6) is 0.165. The molecule has 1 atom stereocenters. The average Bonchev–Trinajstić information content (AvgIpc) is 2.27. The van der Waals surface area contributed by atoms with Crippen molar-refractivity contribution >= 4 is 34.2 Å². The van der Waals surface area contributed by atoms with Crippen LogP contribution in [0.4, 0.5) is 0 Å². The van der Waals surface area contributed by atoms with Crippen LogP contribution in [-0.4, -0.2) is 23.4 Å². The van der Waals surface area contributed by atoms with E-state index in [9.17, 15) is 4.79 Å². The van der Waals surface area contributed by atoms with Crippen LogP contribution in [-0.2, 0) is 17.8 Å². The van der Waals surface area contributed by atoms with Crippen molar-refractivity contribution < 1.29 is 4.79 Å². The second kappa shape index (κ2) is 6.73. The molecule has 0 aromatic heterocycles. The predicted molar refractivity (Wildman–Crippen MR) is 83.5 cm³/mol. The molecule has 3 nitrogen and oxygen atoms in total. The fourth-order valence-corrected chi connectivity index (χ4v) is 3.05. The number of hydrogen-bond donors (Lipinski definition) is 1. The molecule has 0 bridgehead atoms. The van der Waals surface area contributed by atoms with Crippen molar-refractivity contribution in [1.29, 1.82) is 0 Å². The van der Waals surface area contributed by atoms with Crippen LogP contribution in [0.1, 0.15) is 30.0 Å². The molecule has 1 amide bonds. The Bertz CT molecular complexity index is 477. The molecule has 5 heteroatoms. The number of fused-ring (bicyclic) bond motifs is 1. The Morgan fingerprint density at radius 2 is 2.21 bits per heavy atom. The highest BCUT2D eigenvalue weighted by atomic mass is 79.9. The van der Waals surface area contributed by atoms with Crippen molar-refractivity contribution in [3.63, 3.8) is 0 Å². The van der Waals surface area contributed by atoms with E-state index in [4.69, 9.17) is 5.73 Å².